The normalized spacial score (nSPS) is 15.8. The Morgan fingerprint density at radius 3 is 2.52 bits per heavy atom. The zero-order chi connectivity index (χ0) is 17.9. The first-order valence-electron chi connectivity index (χ1n) is 8.39. The third-order valence-electron chi connectivity index (χ3n) is 4.99. The Hall–Kier alpha value is -2.57. The summed E-state index contributed by atoms with van der Waals surface area (Å²) in [6.45, 7) is 2.11. The van der Waals surface area contributed by atoms with Crippen molar-refractivity contribution >= 4 is 5.91 Å². The Morgan fingerprint density at radius 2 is 1.92 bits per heavy atom. The van der Waals surface area contributed by atoms with E-state index in [1.54, 1.807) is 21.1 Å². The number of rotatable bonds is 6. The molecule has 0 aliphatic heterocycles. The van der Waals surface area contributed by atoms with E-state index in [9.17, 15) is 4.79 Å². The molecule has 7 heteroatoms. The number of nitrogens with one attached hydrogen (secondary N) is 1. The molecule has 1 saturated carbocycles. The standard InChI is InChI=1S/C18H23N3O4/c1-12-14(21-25-20-12)11-19-17(22)18(8-4-5-9-18)13-6-7-15(23-2)16(10-13)24-3/h6-7,10H,4-5,8-9,11H2,1-3H3,(H,19,22). The summed E-state index contributed by atoms with van der Waals surface area (Å²) in [6.07, 6.45) is 3.66. The van der Waals surface area contributed by atoms with Crippen LogP contribution in [0.2, 0.25) is 0 Å². The van der Waals surface area contributed by atoms with E-state index in [-0.39, 0.29) is 5.91 Å². The summed E-state index contributed by atoms with van der Waals surface area (Å²) in [5.41, 5.74) is 1.74. The van der Waals surface area contributed by atoms with Crippen LogP contribution in [0.25, 0.3) is 0 Å². The molecule has 1 aromatic heterocycles. The lowest BCUT2D eigenvalue weighted by molar-refractivity contribution is -0.126. The zero-order valence-electron chi connectivity index (χ0n) is 14.8. The predicted octanol–water partition coefficient (Wildman–Crippen LogP) is 2.52. The number of aryl methyl sites for hydroxylation is 1. The molecule has 1 aromatic carbocycles. The number of ether oxygens (including phenoxy) is 2. The highest BCUT2D eigenvalue weighted by Gasteiger charge is 2.43. The maximum atomic E-state index is 13.1. The Balaban J connectivity index is 1.86. The first-order valence-corrected chi connectivity index (χ1v) is 8.39. The second kappa shape index (κ2) is 7.13. The van der Waals surface area contributed by atoms with E-state index in [2.05, 4.69) is 20.3 Å². The van der Waals surface area contributed by atoms with E-state index in [4.69, 9.17) is 9.47 Å². The Bertz CT molecular complexity index is 751. The van der Waals surface area contributed by atoms with E-state index in [0.717, 1.165) is 31.2 Å². The molecule has 1 N–H and O–H groups in total. The van der Waals surface area contributed by atoms with E-state index >= 15 is 0 Å². The average Bonchev–Trinajstić information content (AvgIpc) is 3.29. The van der Waals surface area contributed by atoms with Crippen LogP contribution in [0.3, 0.4) is 0 Å². The van der Waals surface area contributed by atoms with E-state index in [0.29, 0.717) is 29.4 Å². The smallest absolute Gasteiger partial charge is 0.230 e. The summed E-state index contributed by atoms with van der Waals surface area (Å²) in [6, 6.07) is 5.72. The van der Waals surface area contributed by atoms with E-state index in [1.165, 1.54) is 0 Å². The molecule has 0 saturated heterocycles. The monoisotopic (exact) mass is 345 g/mol. The molecule has 0 unspecified atom stereocenters. The molecule has 1 aliphatic carbocycles. The summed E-state index contributed by atoms with van der Waals surface area (Å²) in [7, 11) is 3.20. The van der Waals surface area contributed by atoms with Crippen LogP contribution in [0.15, 0.2) is 22.8 Å². The summed E-state index contributed by atoms with van der Waals surface area (Å²) < 4.78 is 15.4. The number of benzene rings is 1. The van der Waals surface area contributed by atoms with Crippen molar-refractivity contribution in [2.24, 2.45) is 0 Å². The molecule has 1 aliphatic rings. The average molecular weight is 345 g/mol. The van der Waals surface area contributed by atoms with Crippen molar-refractivity contribution in [2.45, 2.75) is 44.6 Å². The van der Waals surface area contributed by atoms with Gasteiger partial charge in [-0.3, -0.25) is 4.79 Å². The minimum absolute atomic E-state index is 0.000352. The highest BCUT2D eigenvalue weighted by atomic mass is 16.6. The summed E-state index contributed by atoms with van der Waals surface area (Å²) in [5.74, 6) is 1.29. The Morgan fingerprint density at radius 1 is 1.20 bits per heavy atom. The van der Waals surface area contributed by atoms with Crippen LogP contribution in [0.1, 0.15) is 42.6 Å². The highest BCUT2D eigenvalue weighted by molar-refractivity contribution is 5.88. The molecule has 0 atom stereocenters. The van der Waals surface area contributed by atoms with E-state index < -0.39 is 5.41 Å². The Labute approximate surface area is 146 Å². The maximum Gasteiger partial charge on any atom is 0.230 e. The third kappa shape index (κ3) is 3.18. The van der Waals surface area contributed by atoms with Crippen LogP contribution in [0.5, 0.6) is 11.5 Å². The molecule has 0 bridgehead atoms. The molecular formula is C18H23N3O4. The number of carbonyl (C=O) groups excluding carboxylic acids is 1. The van der Waals surface area contributed by atoms with Gasteiger partial charge in [-0.15, -0.1) is 0 Å². The van der Waals surface area contributed by atoms with Crippen LogP contribution in [0, 0.1) is 6.92 Å². The van der Waals surface area contributed by atoms with Crippen LogP contribution >= 0.6 is 0 Å². The van der Waals surface area contributed by atoms with Gasteiger partial charge in [0.05, 0.1) is 26.2 Å². The molecule has 134 valence electrons. The number of hydrogen-bond donors (Lipinski definition) is 1. The van der Waals surface area contributed by atoms with Gasteiger partial charge in [0.15, 0.2) is 11.5 Å². The molecule has 0 spiro atoms. The number of nitrogens with zero attached hydrogens (tertiary/aromatic N) is 2. The molecule has 25 heavy (non-hydrogen) atoms. The second-order valence-electron chi connectivity index (χ2n) is 6.34. The van der Waals surface area contributed by atoms with Crippen molar-refractivity contribution < 1.29 is 18.9 Å². The fraction of sp³-hybridized carbons (Fsp3) is 0.500. The van der Waals surface area contributed by atoms with Gasteiger partial charge in [-0.05, 0) is 37.5 Å². The summed E-state index contributed by atoms with van der Waals surface area (Å²) in [5, 5.41) is 10.6. The van der Waals surface area contributed by atoms with Crippen molar-refractivity contribution in [3.8, 4) is 11.5 Å². The van der Waals surface area contributed by atoms with Crippen molar-refractivity contribution in [1.82, 2.24) is 15.6 Å². The van der Waals surface area contributed by atoms with Crippen molar-refractivity contribution in [3.05, 3.63) is 35.2 Å². The largest absolute Gasteiger partial charge is 0.493 e. The SMILES string of the molecule is COc1ccc(C2(C(=O)NCc3nonc3C)CCCC2)cc1OC. The number of amides is 1. The molecule has 0 radical (unpaired) electrons. The van der Waals surface area contributed by atoms with Gasteiger partial charge in [0, 0.05) is 0 Å². The molecule has 1 amide bonds. The lowest BCUT2D eigenvalue weighted by Crippen LogP contribution is -2.42. The predicted molar refractivity (Wildman–Crippen MR) is 90.6 cm³/mol. The number of methoxy groups -OCH3 is 2. The van der Waals surface area contributed by atoms with E-state index in [1.807, 2.05) is 18.2 Å². The molecule has 2 aromatic rings. The molecule has 3 rings (SSSR count). The lowest BCUT2D eigenvalue weighted by atomic mass is 9.77. The fourth-order valence-electron chi connectivity index (χ4n) is 3.50. The highest BCUT2D eigenvalue weighted by Crippen LogP contribution is 2.44. The van der Waals surface area contributed by atoms with Crippen molar-refractivity contribution in [2.75, 3.05) is 14.2 Å². The molecular weight excluding hydrogens is 322 g/mol. The first-order chi connectivity index (χ1) is 12.1. The number of hydrogen-bond acceptors (Lipinski definition) is 6. The van der Waals surface area contributed by atoms with Crippen molar-refractivity contribution in [3.63, 3.8) is 0 Å². The Kier molecular flexibility index (Phi) is 4.92. The minimum Gasteiger partial charge on any atom is -0.493 e. The van der Waals surface area contributed by atoms with Gasteiger partial charge < -0.3 is 14.8 Å². The maximum absolute atomic E-state index is 13.1. The van der Waals surface area contributed by atoms with Crippen LogP contribution in [-0.4, -0.2) is 30.4 Å². The van der Waals surface area contributed by atoms with Crippen LogP contribution in [0.4, 0.5) is 0 Å². The first kappa shape index (κ1) is 17.3. The third-order valence-corrected chi connectivity index (χ3v) is 4.99. The van der Waals surface area contributed by atoms with Gasteiger partial charge in [0.1, 0.15) is 11.4 Å². The molecule has 1 heterocycles. The molecule has 7 nitrogen and oxygen atoms in total. The minimum atomic E-state index is -0.551. The van der Waals surface area contributed by atoms with Gasteiger partial charge in [0.25, 0.3) is 0 Å². The van der Waals surface area contributed by atoms with Gasteiger partial charge in [0.2, 0.25) is 5.91 Å². The van der Waals surface area contributed by atoms with Crippen molar-refractivity contribution in [1.29, 1.82) is 0 Å². The summed E-state index contributed by atoms with van der Waals surface area (Å²) >= 11 is 0. The van der Waals surface area contributed by atoms with Crippen LogP contribution < -0.4 is 14.8 Å². The number of carbonyl (C=O) groups is 1. The number of aromatic nitrogens is 2. The second-order valence-corrected chi connectivity index (χ2v) is 6.34. The fourth-order valence-corrected chi connectivity index (χ4v) is 3.50. The lowest BCUT2D eigenvalue weighted by Gasteiger charge is -2.29. The van der Waals surface area contributed by atoms with Gasteiger partial charge >= 0.3 is 0 Å². The topological polar surface area (TPSA) is 86.5 Å². The zero-order valence-corrected chi connectivity index (χ0v) is 14.8. The van der Waals surface area contributed by atoms with Gasteiger partial charge in [-0.1, -0.05) is 29.2 Å². The van der Waals surface area contributed by atoms with Crippen LogP contribution in [-0.2, 0) is 16.8 Å². The van der Waals surface area contributed by atoms with Gasteiger partial charge in [-0.2, -0.15) is 0 Å². The quantitative estimate of drug-likeness (QED) is 0.866. The molecule has 1 fully saturated rings. The van der Waals surface area contributed by atoms with Gasteiger partial charge in [-0.25, -0.2) is 4.63 Å². The summed E-state index contributed by atoms with van der Waals surface area (Å²) in [4.78, 5) is 13.1.